The number of ether oxygens (including phenoxy) is 1. The fourth-order valence-corrected chi connectivity index (χ4v) is 7.11. The third-order valence-corrected chi connectivity index (χ3v) is 10.3. The topological polar surface area (TPSA) is 48.3 Å². The normalized spacial score (nSPS) is 17.0. The Morgan fingerprint density at radius 2 is 1.80 bits per heavy atom. The molecular weight excluding hydrogens is 635 g/mol. The van der Waals surface area contributed by atoms with Gasteiger partial charge in [-0.1, -0.05) is 36.2 Å². The van der Waals surface area contributed by atoms with Gasteiger partial charge in [-0.25, -0.2) is 9.38 Å². The fourth-order valence-electron chi connectivity index (χ4n) is 6.87. The Bertz CT molecular complexity index is 1690. The van der Waals surface area contributed by atoms with Gasteiger partial charge in [-0.2, -0.15) is 0 Å². The molecule has 2 aliphatic rings. The molecule has 0 radical (unpaired) electrons. The number of anilines is 1. The molecule has 1 atom stereocenters. The summed E-state index contributed by atoms with van der Waals surface area (Å²) < 4.78 is 21.6. The van der Waals surface area contributed by atoms with E-state index in [-0.39, 0.29) is 18.6 Å². The summed E-state index contributed by atoms with van der Waals surface area (Å²) in [6.07, 6.45) is 13.1. The Labute approximate surface area is 296 Å². The number of piperidine rings is 2. The van der Waals surface area contributed by atoms with E-state index in [1.165, 1.54) is 81.5 Å². The van der Waals surface area contributed by atoms with Crippen LogP contribution in [0.4, 0.5) is 15.8 Å². The molecule has 4 aromatic rings. The van der Waals surface area contributed by atoms with Gasteiger partial charge in [0.25, 0.3) is 0 Å². The number of aryl methyl sites for hydroxylation is 1. The quantitative estimate of drug-likeness (QED) is 0.0867. The molecule has 0 aliphatic carbocycles. The summed E-state index contributed by atoms with van der Waals surface area (Å²) in [4.78, 5) is 12.2. The van der Waals surface area contributed by atoms with Crippen molar-refractivity contribution < 1.29 is 9.13 Å². The lowest BCUT2D eigenvalue weighted by atomic mass is 10.00. The second-order valence-corrected chi connectivity index (χ2v) is 14.0. The van der Waals surface area contributed by atoms with Crippen molar-refractivity contribution in [3.05, 3.63) is 101 Å². The van der Waals surface area contributed by atoms with Gasteiger partial charge in [-0.05, 0) is 136 Å². The van der Waals surface area contributed by atoms with Crippen LogP contribution in [0.1, 0.15) is 50.2 Å². The van der Waals surface area contributed by atoms with Gasteiger partial charge >= 0.3 is 0 Å². The van der Waals surface area contributed by atoms with Crippen molar-refractivity contribution in [2.45, 2.75) is 71.3 Å². The van der Waals surface area contributed by atoms with Gasteiger partial charge in [0, 0.05) is 44.3 Å². The van der Waals surface area contributed by atoms with Crippen LogP contribution in [0.3, 0.4) is 0 Å². The molecule has 2 saturated heterocycles. The summed E-state index contributed by atoms with van der Waals surface area (Å²) in [7, 11) is 1.99. The Morgan fingerprint density at radius 3 is 2.55 bits per heavy atom. The van der Waals surface area contributed by atoms with Gasteiger partial charge in [0.15, 0.2) is 0 Å². The van der Waals surface area contributed by atoms with Crippen molar-refractivity contribution in [2.75, 3.05) is 45.1 Å². The van der Waals surface area contributed by atoms with Crippen LogP contribution in [0.2, 0.25) is 5.02 Å². The average Bonchev–Trinajstić information content (AvgIpc) is 3.59. The smallest absolute Gasteiger partial charge is 0.138 e. The number of nitrogens with zero attached hydrogens (tertiary/aromatic N) is 5. The molecule has 7 nitrogen and oxygen atoms in total. The summed E-state index contributed by atoms with van der Waals surface area (Å²) >= 11 is 6.50. The number of benzene rings is 3. The van der Waals surface area contributed by atoms with Gasteiger partial charge in [0.05, 0.1) is 23.2 Å². The Balaban J connectivity index is 0.961. The highest BCUT2D eigenvalue weighted by Crippen LogP contribution is 2.30. The number of hydrogen-bond acceptors (Lipinski definition) is 5. The molecule has 2 aliphatic heterocycles. The van der Waals surface area contributed by atoms with E-state index in [4.69, 9.17) is 21.3 Å². The molecule has 0 spiro atoms. The number of likely N-dealkylation sites (tertiary alicyclic amines) is 2. The third-order valence-electron chi connectivity index (χ3n) is 10.00. The Hall–Kier alpha value is -3.85. The molecule has 1 unspecified atom stereocenters. The SMILES string of the molecule is Cc1cc(-c2ccn(CCN3CCC(N4CCCCC4)CC3)c2)ccc1N=CN(C)C(C)Nc1ccc(OCc2cccc(F)c2)c(Cl)c1. The first-order valence-corrected chi connectivity index (χ1v) is 18.1. The van der Waals surface area contributed by atoms with Crippen LogP contribution in [-0.4, -0.2) is 77.6 Å². The van der Waals surface area contributed by atoms with Crippen LogP contribution in [0, 0.1) is 12.7 Å². The van der Waals surface area contributed by atoms with E-state index in [9.17, 15) is 4.39 Å². The standard InChI is InChI=1S/C40H50ClFN6O/c1-30-24-33(34-14-19-47(27-34)23-22-46-20-15-37(16-21-46)48-17-5-4-6-18-48)10-12-39(30)43-29-45(3)31(2)44-36-11-13-40(38(41)26-36)49-28-32-8-7-9-35(42)25-32/h7-14,19,24-27,29,31,37,44H,4-6,15-18,20-23,28H2,1-3H3. The Morgan fingerprint density at radius 1 is 0.980 bits per heavy atom. The summed E-state index contributed by atoms with van der Waals surface area (Å²) in [5.74, 6) is 0.263. The molecule has 260 valence electrons. The first-order valence-electron chi connectivity index (χ1n) is 17.7. The zero-order valence-corrected chi connectivity index (χ0v) is 29.9. The van der Waals surface area contributed by atoms with Crippen LogP contribution in [0.5, 0.6) is 5.75 Å². The maximum atomic E-state index is 13.5. The highest BCUT2D eigenvalue weighted by Gasteiger charge is 2.25. The first-order chi connectivity index (χ1) is 23.8. The fraction of sp³-hybridized carbons (Fsp3) is 0.425. The molecule has 0 bridgehead atoms. The monoisotopic (exact) mass is 684 g/mol. The second-order valence-electron chi connectivity index (χ2n) is 13.6. The van der Waals surface area contributed by atoms with Crippen molar-refractivity contribution in [3.63, 3.8) is 0 Å². The predicted molar refractivity (Wildman–Crippen MR) is 201 cm³/mol. The van der Waals surface area contributed by atoms with Gasteiger partial charge in [0.2, 0.25) is 0 Å². The van der Waals surface area contributed by atoms with Crippen molar-refractivity contribution in [1.29, 1.82) is 0 Å². The summed E-state index contributed by atoms with van der Waals surface area (Å²) in [5.41, 5.74) is 6.13. The lowest BCUT2D eigenvalue weighted by Crippen LogP contribution is -2.47. The largest absolute Gasteiger partial charge is 0.487 e. The van der Waals surface area contributed by atoms with Gasteiger partial charge in [0.1, 0.15) is 18.2 Å². The lowest BCUT2D eigenvalue weighted by molar-refractivity contribution is 0.0911. The van der Waals surface area contributed by atoms with Crippen LogP contribution < -0.4 is 10.1 Å². The minimum atomic E-state index is -0.286. The van der Waals surface area contributed by atoms with Crippen LogP contribution >= 0.6 is 11.6 Å². The van der Waals surface area contributed by atoms with Crippen LogP contribution in [0.15, 0.2) is 84.1 Å². The summed E-state index contributed by atoms with van der Waals surface area (Å²) in [6, 6.07) is 21.4. The molecule has 0 saturated carbocycles. The van der Waals surface area contributed by atoms with Crippen molar-refractivity contribution in [2.24, 2.45) is 4.99 Å². The Kier molecular flexibility index (Phi) is 11.9. The van der Waals surface area contributed by atoms with E-state index in [2.05, 4.69) is 70.2 Å². The third kappa shape index (κ3) is 9.65. The molecule has 6 rings (SSSR count). The lowest BCUT2D eigenvalue weighted by Gasteiger charge is -2.40. The molecule has 1 aromatic heterocycles. The number of rotatable bonds is 13. The van der Waals surface area contributed by atoms with E-state index in [0.29, 0.717) is 10.8 Å². The minimum Gasteiger partial charge on any atom is -0.487 e. The van der Waals surface area contributed by atoms with Crippen molar-refractivity contribution >= 4 is 29.3 Å². The highest BCUT2D eigenvalue weighted by atomic mass is 35.5. The number of nitrogens with one attached hydrogen (secondary N) is 1. The van der Waals surface area contributed by atoms with E-state index < -0.39 is 0 Å². The zero-order valence-electron chi connectivity index (χ0n) is 29.1. The molecule has 3 aromatic carbocycles. The second kappa shape index (κ2) is 16.7. The highest BCUT2D eigenvalue weighted by molar-refractivity contribution is 6.32. The van der Waals surface area contributed by atoms with E-state index >= 15 is 0 Å². The van der Waals surface area contributed by atoms with E-state index in [1.54, 1.807) is 6.07 Å². The zero-order chi connectivity index (χ0) is 34.2. The summed E-state index contributed by atoms with van der Waals surface area (Å²) in [6.45, 7) is 11.6. The predicted octanol–water partition coefficient (Wildman–Crippen LogP) is 8.84. The molecular formula is C40H50ClFN6O. The van der Waals surface area contributed by atoms with Crippen LogP contribution in [0.25, 0.3) is 11.1 Å². The van der Waals surface area contributed by atoms with Gasteiger partial charge in [-0.15, -0.1) is 0 Å². The molecule has 1 N–H and O–H groups in total. The summed E-state index contributed by atoms with van der Waals surface area (Å²) in [5, 5.41) is 3.94. The van der Waals surface area contributed by atoms with E-state index in [0.717, 1.165) is 41.6 Å². The molecule has 0 amide bonds. The first kappa shape index (κ1) is 35.0. The molecule has 49 heavy (non-hydrogen) atoms. The van der Waals surface area contributed by atoms with Crippen LogP contribution in [-0.2, 0) is 13.2 Å². The number of aliphatic imine (C=N–C) groups is 1. The van der Waals surface area contributed by atoms with Gasteiger partial charge < -0.3 is 29.3 Å². The minimum absolute atomic E-state index is 0.0424. The average molecular weight is 685 g/mol. The van der Waals surface area contributed by atoms with Crippen molar-refractivity contribution in [1.82, 2.24) is 19.3 Å². The molecule has 2 fully saturated rings. The van der Waals surface area contributed by atoms with Gasteiger partial charge in [-0.3, -0.25) is 0 Å². The number of hydrogen-bond donors (Lipinski definition) is 1. The number of halogens is 2. The molecule has 9 heteroatoms. The van der Waals surface area contributed by atoms with E-state index in [1.807, 2.05) is 42.6 Å². The molecule has 3 heterocycles. The number of aromatic nitrogens is 1. The van der Waals surface area contributed by atoms with Crippen molar-refractivity contribution in [3.8, 4) is 16.9 Å². The maximum absolute atomic E-state index is 13.5. The maximum Gasteiger partial charge on any atom is 0.138 e.